The number of rotatable bonds is 2. The van der Waals surface area contributed by atoms with E-state index >= 15 is 0 Å². The molecule has 1 amide bonds. The summed E-state index contributed by atoms with van der Waals surface area (Å²) in [5.74, 6) is -2.03. The van der Waals surface area contributed by atoms with Crippen molar-refractivity contribution in [2.24, 2.45) is 11.8 Å². The van der Waals surface area contributed by atoms with E-state index in [9.17, 15) is 9.59 Å². The molecule has 1 aliphatic heterocycles. The summed E-state index contributed by atoms with van der Waals surface area (Å²) < 4.78 is 5.17. The number of carbonyl (C=O) groups is 2. The van der Waals surface area contributed by atoms with Crippen LogP contribution in [0.15, 0.2) is 0 Å². The molecule has 0 aromatic carbocycles. The first-order valence-corrected chi connectivity index (χ1v) is 6.16. The second-order valence-corrected chi connectivity index (χ2v) is 4.75. The summed E-state index contributed by atoms with van der Waals surface area (Å²) in [4.78, 5) is 24.9. The summed E-state index contributed by atoms with van der Waals surface area (Å²) >= 11 is 0. The number of carbonyl (C=O) groups excluding carboxylic acids is 1. The maximum Gasteiger partial charge on any atom is 0.307 e. The predicted molar refractivity (Wildman–Crippen MR) is 60.4 cm³/mol. The van der Waals surface area contributed by atoms with Crippen LogP contribution in [0, 0.1) is 23.2 Å². The minimum Gasteiger partial charge on any atom is -0.481 e. The van der Waals surface area contributed by atoms with Crippen LogP contribution in [0.3, 0.4) is 0 Å². The third-order valence-electron chi connectivity index (χ3n) is 3.67. The van der Waals surface area contributed by atoms with Gasteiger partial charge in [0.05, 0.1) is 31.1 Å². The number of ether oxygens (including phenoxy) is 1. The summed E-state index contributed by atoms with van der Waals surface area (Å²) in [6.45, 7) is 1.03. The highest BCUT2D eigenvalue weighted by Crippen LogP contribution is 2.33. The van der Waals surface area contributed by atoms with E-state index in [1.165, 1.54) is 0 Å². The van der Waals surface area contributed by atoms with Gasteiger partial charge in [0.2, 0.25) is 5.91 Å². The molecule has 1 saturated heterocycles. The highest BCUT2D eigenvalue weighted by molar-refractivity contribution is 5.85. The van der Waals surface area contributed by atoms with Crippen LogP contribution in [0.4, 0.5) is 0 Å². The van der Waals surface area contributed by atoms with Gasteiger partial charge in [0.25, 0.3) is 0 Å². The molecule has 6 heteroatoms. The van der Waals surface area contributed by atoms with E-state index in [1.54, 1.807) is 4.90 Å². The van der Waals surface area contributed by atoms with Crippen LogP contribution < -0.4 is 0 Å². The zero-order chi connectivity index (χ0) is 13.1. The van der Waals surface area contributed by atoms with Crippen LogP contribution in [0.5, 0.6) is 0 Å². The molecule has 0 radical (unpaired) electrons. The quantitative estimate of drug-likeness (QED) is 0.760. The highest BCUT2D eigenvalue weighted by atomic mass is 16.5. The highest BCUT2D eigenvalue weighted by Gasteiger charge is 2.40. The zero-order valence-corrected chi connectivity index (χ0v) is 10.0. The maximum absolute atomic E-state index is 12.3. The average Bonchev–Trinajstić information content (AvgIpc) is 2.87. The molecule has 18 heavy (non-hydrogen) atoms. The number of aliphatic carboxylic acids is 1. The number of hydrogen-bond donors (Lipinski definition) is 1. The summed E-state index contributed by atoms with van der Waals surface area (Å²) in [5, 5.41) is 17.9. The molecule has 0 aromatic heterocycles. The lowest BCUT2D eigenvalue weighted by Crippen LogP contribution is -2.48. The monoisotopic (exact) mass is 252 g/mol. The van der Waals surface area contributed by atoms with Crippen LogP contribution in [-0.2, 0) is 14.3 Å². The minimum atomic E-state index is -0.893. The van der Waals surface area contributed by atoms with Crippen molar-refractivity contribution in [1.82, 2.24) is 4.90 Å². The standard InChI is InChI=1S/C12H16N2O4/c13-6-8-7-14(4-5-18-8)11(15)9-2-1-3-10(9)12(16)17/h8-10H,1-5,7H2,(H,16,17). The Kier molecular flexibility index (Phi) is 3.82. The SMILES string of the molecule is N#CC1CN(C(=O)C2CCCC2C(=O)O)CCO1. The van der Waals surface area contributed by atoms with Crippen molar-refractivity contribution in [3.8, 4) is 6.07 Å². The number of nitrogens with zero attached hydrogens (tertiary/aromatic N) is 2. The van der Waals surface area contributed by atoms with Crippen LogP contribution >= 0.6 is 0 Å². The Hall–Kier alpha value is -1.61. The lowest BCUT2D eigenvalue weighted by Gasteiger charge is -2.32. The van der Waals surface area contributed by atoms with Gasteiger partial charge in [-0.3, -0.25) is 9.59 Å². The Morgan fingerprint density at radius 2 is 2.06 bits per heavy atom. The fourth-order valence-electron chi connectivity index (χ4n) is 2.71. The predicted octanol–water partition coefficient (Wildman–Crippen LogP) is 0.238. The third-order valence-corrected chi connectivity index (χ3v) is 3.67. The zero-order valence-electron chi connectivity index (χ0n) is 10.0. The number of carboxylic acids is 1. The van der Waals surface area contributed by atoms with Crippen LogP contribution in [0.1, 0.15) is 19.3 Å². The van der Waals surface area contributed by atoms with Gasteiger partial charge in [-0.1, -0.05) is 6.42 Å². The fraction of sp³-hybridized carbons (Fsp3) is 0.750. The lowest BCUT2D eigenvalue weighted by atomic mass is 9.94. The summed E-state index contributed by atoms with van der Waals surface area (Å²) in [5.41, 5.74) is 0. The first-order chi connectivity index (χ1) is 8.63. The van der Waals surface area contributed by atoms with Gasteiger partial charge in [-0.25, -0.2) is 0 Å². The molecule has 1 aliphatic carbocycles. The second kappa shape index (κ2) is 5.36. The molecule has 6 nitrogen and oxygen atoms in total. The first kappa shape index (κ1) is 12.8. The van der Waals surface area contributed by atoms with Gasteiger partial charge in [-0.15, -0.1) is 0 Å². The van der Waals surface area contributed by atoms with Crippen molar-refractivity contribution in [2.75, 3.05) is 19.7 Å². The second-order valence-electron chi connectivity index (χ2n) is 4.75. The fourth-order valence-corrected chi connectivity index (χ4v) is 2.71. The number of carboxylic acid groups (broad SMARTS) is 1. The lowest BCUT2D eigenvalue weighted by molar-refractivity contribution is -0.151. The van der Waals surface area contributed by atoms with Crippen molar-refractivity contribution in [1.29, 1.82) is 5.26 Å². The molecule has 1 N–H and O–H groups in total. The molecular formula is C12H16N2O4. The molecular weight excluding hydrogens is 236 g/mol. The van der Waals surface area contributed by atoms with Gasteiger partial charge >= 0.3 is 5.97 Å². The summed E-state index contributed by atoms with van der Waals surface area (Å²) in [6, 6.07) is 1.98. The molecule has 1 heterocycles. The van der Waals surface area contributed by atoms with Crippen molar-refractivity contribution >= 4 is 11.9 Å². The minimum absolute atomic E-state index is 0.136. The van der Waals surface area contributed by atoms with E-state index in [4.69, 9.17) is 15.1 Å². The normalized spacial score (nSPS) is 31.9. The van der Waals surface area contributed by atoms with Crippen LogP contribution in [0.25, 0.3) is 0 Å². The van der Waals surface area contributed by atoms with Gasteiger partial charge in [0.15, 0.2) is 6.10 Å². The Morgan fingerprint density at radius 1 is 1.33 bits per heavy atom. The Labute approximate surface area is 105 Å². The third kappa shape index (κ3) is 2.46. The average molecular weight is 252 g/mol. The van der Waals surface area contributed by atoms with Crippen molar-refractivity contribution in [2.45, 2.75) is 25.4 Å². The molecule has 0 spiro atoms. The molecule has 0 aromatic rings. The van der Waals surface area contributed by atoms with Crippen molar-refractivity contribution in [3.63, 3.8) is 0 Å². The van der Waals surface area contributed by atoms with E-state index in [0.29, 0.717) is 26.0 Å². The topological polar surface area (TPSA) is 90.6 Å². The van der Waals surface area contributed by atoms with Gasteiger partial charge in [0, 0.05) is 6.54 Å². The Morgan fingerprint density at radius 3 is 2.72 bits per heavy atom. The van der Waals surface area contributed by atoms with Crippen LogP contribution in [0.2, 0.25) is 0 Å². The van der Waals surface area contributed by atoms with Crippen LogP contribution in [-0.4, -0.2) is 47.7 Å². The van der Waals surface area contributed by atoms with E-state index in [-0.39, 0.29) is 12.5 Å². The number of nitriles is 1. The Balaban J connectivity index is 2.02. The molecule has 3 unspecified atom stereocenters. The molecule has 2 fully saturated rings. The van der Waals surface area contributed by atoms with E-state index in [1.807, 2.05) is 6.07 Å². The largest absolute Gasteiger partial charge is 0.481 e. The first-order valence-electron chi connectivity index (χ1n) is 6.16. The van der Waals surface area contributed by atoms with Gasteiger partial charge < -0.3 is 14.7 Å². The van der Waals surface area contributed by atoms with Gasteiger partial charge in [0.1, 0.15) is 0 Å². The van der Waals surface area contributed by atoms with Crippen molar-refractivity contribution in [3.05, 3.63) is 0 Å². The molecule has 1 saturated carbocycles. The van der Waals surface area contributed by atoms with Crippen molar-refractivity contribution < 1.29 is 19.4 Å². The molecule has 0 bridgehead atoms. The maximum atomic E-state index is 12.3. The van der Waals surface area contributed by atoms with Gasteiger partial charge in [-0.2, -0.15) is 5.26 Å². The molecule has 3 atom stereocenters. The smallest absolute Gasteiger partial charge is 0.307 e. The molecule has 2 rings (SSSR count). The molecule has 2 aliphatic rings. The summed E-state index contributed by atoms with van der Waals surface area (Å²) in [6.07, 6.45) is 1.38. The Bertz CT molecular complexity index is 390. The van der Waals surface area contributed by atoms with E-state index in [0.717, 1.165) is 6.42 Å². The summed E-state index contributed by atoms with van der Waals surface area (Å²) in [7, 11) is 0. The number of morpholine rings is 1. The number of hydrogen-bond acceptors (Lipinski definition) is 4. The van der Waals surface area contributed by atoms with Gasteiger partial charge in [-0.05, 0) is 12.8 Å². The number of amides is 1. The van der Waals surface area contributed by atoms with E-state index in [2.05, 4.69) is 0 Å². The van der Waals surface area contributed by atoms with E-state index < -0.39 is 23.9 Å². The molecule has 98 valence electrons.